The number of carbonyl (C=O) groups is 2. The highest BCUT2D eigenvalue weighted by molar-refractivity contribution is 5.89. The van der Waals surface area contributed by atoms with E-state index >= 15 is 0 Å². The Bertz CT molecular complexity index is 915. The first-order chi connectivity index (χ1) is 13.9. The minimum absolute atomic E-state index is 0.0444. The van der Waals surface area contributed by atoms with Crippen LogP contribution in [0.1, 0.15) is 43.5 Å². The van der Waals surface area contributed by atoms with Gasteiger partial charge in [-0.3, -0.25) is 14.4 Å². The van der Waals surface area contributed by atoms with Crippen LogP contribution in [0.15, 0.2) is 23.0 Å². The lowest BCUT2D eigenvalue weighted by molar-refractivity contribution is -0.145. The summed E-state index contributed by atoms with van der Waals surface area (Å²) in [6, 6.07) is 2.65. The smallest absolute Gasteiger partial charge is 0.258 e. The summed E-state index contributed by atoms with van der Waals surface area (Å²) in [5, 5.41) is 10.2. The minimum Gasteiger partial charge on any atom is -0.396 e. The fourth-order valence-electron chi connectivity index (χ4n) is 5.01. The molecule has 156 valence electrons. The number of pyridine rings is 1. The van der Waals surface area contributed by atoms with Gasteiger partial charge in [0.25, 0.3) is 5.56 Å². The summed E-state index contributed by atoms with van der Waals surface area (Å²) in [7, 11) is 3.35. The third-order valence-corrected chi connectivity index (χ3v) is 6.59. The van der Waals surface area contributed by atoms with Crippen LogP contribution in [-0.2, 0) is 16.1 Å². The summed E-state index contributed by atoms with van der Waals surface area (Å²) < 4.78 is 1.72. The van der Waals surface area contributed by atoms with Crippen molar-refractivity contribution in [2.24, 2.45) is 17.8 Å². The zero-order chi connectivity index (χ0) is 20.9. The van der Waals surface area contributed by atoms with E-state index in [1.54, 1.807) is 35.7 Å². The average molecular weight is 399 g/mol. The van der Waals surface area contributed by atoms with Crippen LogP contribution in [0.3, 0.4) is 0 Å². The molecule has 0 spiro atoms. The Morgan fingerprint density at radius 1 is 1.28 bits per heavy atom. The fraction of sp³-hybridized carbons (Fsp3) is 0.591. The van der Waals surface area contributed by atoms with Gasteiger partial charge >= 0.3 is 0 Å². The normalized spacial score (nSPS) is 27.9. The summed E-state index contributed by atoms with van der Waals surface area (Å²) in [4.78, 5) is 42.4. The summed E-state index contributed by atoms with van der Waals surface area (Å²) >= 11 is 0. The van der Waals surface area contributed by atoms with E-state index in [1.807, 2.05) is 19.1 Å². The van der Waals surface area contributed by atoms with Gasteiger partial charge in [0, 0.05) is 56.8 Å². The molecule has 2 fully saturated rings. The lowest BCUT2D eigenvalue weighted by atomic mass is 9.88. The number of aromatic nitrogens is 1. The first-order valence-corrected chi connectivity index (χ1v) is 10.4. The predicted molar refractivity (Wildman–Crippen MR) is 109 cm³/mol. The van der Waals surface area contributed by atoms with Gasteiger partial charge in [0.05, 0.1) is 6.04 Å². The van der Waals surface area contributed by atoms with Crippen molar-refractivity contribution in [3.05, 3.63) is 39.8 Å². The van der Waals surface area contributed by atoms with Gasteiger partial charge in [-0.25, -0.2) is 0 Å². The van der Waals surface area contributed by atoms with Crippen LogP contribution >= 0.6 is 0 Å². The number of allylic oxidation sites excluding steroid dienone is 1. The number of aliphatic hydroxyl groups excluding tert-OH is 1. The first kappa shape index (κ1) is 19.9. The van der Waals surface area contributed by atoms with Crippen molar-refractivity contribution in [2.75, 3.05) is 20.7 Å². The Kier molecular flexibility index (Phi) is 5.11. The van der Waals surface area contributed by atoms with E-state index in [1.165, 1.54) is 4.90 Å². The molecule has 29 heavy (non-hydrogen) atoms. The van der Waals surface area contributed by atoms with Crippen LogP contribution in [-0.4, -0.2) is 58.0 Å². The molecule has 1 aromatic heterocycles. The molecule has 2 aliphatic heterocycles. The van der Waals surface area contributed by atoms with Crippen molar-refractivity contribution in [3.8, 4) is 0 Å². The third kappa shape index (κ3) is 3.21. The summed E-state index contributed by atoms with van der Waals surface area (Å²) in [5.74, 6) is -0.350. The van der Waals surface area contributed by atoms with Gasteiger partial charge in [0.15, 0.2) is 0 Å². The van der Waals surface area contributed by atoms with Crippen LogP contribution in [0.25, 0.3) is 6.08 Å². The number of rotatable bonds is 5. The van der Waals surface area contributed by atoms with Crippen LogP contribution < -0.4 is 5.56 Å². The zero-order valence-corrected chi connectivity index (χ0v) is 17.2. The number of nitrogens with zero attached hydrogens (tertiary/aromatic N) is 3. The highest BCUT2D eigenvalue weighted by Crippen LogP contribution is 2.50. The number of likely N-dealkylation sites (N-methyl/N-ethyl adjacent to an activating group) is 1. The molecular weight excluding hydrogens is 370 g/mol. The van der Waals surface area contributed by atoms with E-state index in [0.29, 0.717) is 24.4 Å². The molecule has 2 amide bonds. The molecule has 3 heterocycles. The molecular formula is C22H29N3O4. The second kappa shape index (κ2) is 7.44. The summed E-state index contributed by atoms with van der Waals surface area (Å²) in [6.07, 6.45) is 6.13. The topological polar surface area (TPSA) is 82.8 Å². The van der Waals surface area contributed by atoms with Crippen LogP contribution in [0, 0.1) is 17.8 Å². The zero-order valence-electron chi connectivity index (χ0n) is 17.2. The van der Waals surface area contributed by atoms with Crippen LogP contribution in [0.5, 0.6) is 0 Å². The van der Waals surface area contributed by atoms with Crippen LogP contribution in [0.4, 0.5) is 0 Å². The molecule has 1 N–H and O–H groups in total. The van der Waals surface area contributed by atoms with Gasteiger partial charge in [-0.2, -0.15) is 0 Å². The molecule has 7 nitrogen and oxygen atoms in total. The van der Waals surface area contributed by atoms with E-state index in [4.69, 9.17) is 0 Å². The van der Waals surface area contributed by atoms with Crippen molar-refractivity contribution in [1.82, 2.24) is 14.4 Å². The van der Waals surface area contributed by atoms with Gasteiger partial charge in [-0.15, -0.1) is 0 Å². The van der Waals surface area contributed by atoms with Crippen molar-refractivity contribution in [3.63, 3.8) is 0 Å². The number of likely N-dealkylation sites (tertiary alicyclic amines) is 1. The lowest BCUT2D eigenvalue weighted by Gasteiger charge is -2.32. The number of carbonyl (C=O) groups excluding carboxylic acids is 2. The Labute approximate surface area is 170 Å². The molecule has 1 saturated carbocycles. The van der Waals surface area contributed by atoms with Crippen LogP contribution in [0.2, 0.25) is 0 Å². The van der Waals surface area contributed by atoms with Gasteiger partial charge in [-0.1, -0.05) is 12.2 Å². The van der Waals surface area contributed by atoms with Crippen molar-refractivity contribution < 1.29 is 14.7 Å². The van der Waals surface area contributed by atoms with Crippen molar-refractivity contribution >= 4 is 17.9 Å². The maximum absolute atomic E-state index is 13.3. The predicted octanol–water partition coefficient (Wildman–Crippen LogP) is 1.26. The number of aliphatic hydroxyl groups is 1. The maximum atomic E-state index is 13.3. The molecule has 0 bridgehead atoms. The summed E-state index contributed by atoms with van der Waals surface area (Å²) in [6.45, 7) is 2.09. The Morgan fingerprint density at radius 2 is 2.00 bits per heavy atom. The minimum atomic E-state index is -0.685. The standard InChI is InChI=1S/C22H29N3O4/c1-4-5-14-8-9-17-19-15(11-24(17)21(14)28)16(12-26)20(22(29)23(2)3)25(19)18(27)10-13-6-7-13/h4-5,8-9,13,15-16,19-20,26H,6-7,10-12H2,1-3H3/b5-4+/t15-,16-,19+,20-/m0/s1. The molecule has 4 atom stereocenters. The average Bonchev–Trinajstić information content (AvgIpc) is 3.32. The van der Waals surface area contributed by atoms with Gasteiger partial charge < -0.3 is 19.5 Å². The summed E-state index contributed by atoms with van der Waals surface area (Å²) in [5.41, 5.74) is 1.29. The second-order valence-corrected chi connectivity index (χ2v) is 8.71. The van der Waals surface area contributed by atoms with Gasteiger partial charge in [0.1, 0.15) is 6.04 Å². The quantitative estimate of drug-likeness (QED) is 0.808. The monoisotopic (exact) mass is 399 g/mol. The number of amides is 2. The largest absolute Gasteiger partial charge is 0.396 e. The molecule has 1 aliphatic carbocycles. The highest BCUT2D eigenvalue weighted by Gasteiger charge is 2.57. The fourth-order valence-corrected chi connectivity index (χ4v) is 5.01. The lowest BCUT2D eigenvalue weighted by Crippen LogP contribution is -2.50. The molecule has 4 rings (SSSR count). The van der Waals surface area contributed by atoms with E-state index in [0.717, 1.165) is 18.5 Å². The molecule has 0 radical (unpaired) electrons. The van der Waals surface area contributed by atoms with E-state index in [9.17, 15) is 19.5 Å². The first-order valence-electron chi connectivity index (χ1n) is 10.4. The SMILES string of the molecule is C/C=C/c1ccc2n(c1=O)C[C@H]1[C@H](CO)[C@@H](C(=O)N(C)C)N(C(=O)CC3CC3)[C@@H]21. The van der Waals surface area contributed by atoms with E-state index in [-0.39, 0.29) is 41.9 Å². The molecule has 3 aliphatic rings. The number of hydrogen-bond acceptors (Lipinski definition) is 4. The molecule has 1 saturated heterocycles. The number of hydrogen-bond donors (Lipinski definition) is 1. The van der Waals surface area contributed by atoms with E-state index < -0.39 is 6.04 Å². The Morgan fingerprint density at radius 3 is 2.59 bits per heavy atom. The second-order valence-electron chi connectivity index (χ2n) is 8.71. The molecule has 1 aromatic rings. The van der Waals surface area contributed by atoms with Gasteiger partial charge in [-0.05, 0) is 37.8 Å². The van der Waals surface area contributed by atoms with Crippen molar-refractivity contribution in [1.29, 1.82) is 0 Å². The van der Waals surface area contributed by atoms with Crippen molar-refractivity contribution in [2.45, 2.75) is 44.8 Å². The Balaban J connectivity index is 1.80. The molecule has 0 aromatic carbocycles. The Hall–Kier alpha value is -2.41. The maximum Gasteiger partial charge on any atom is 0.258 e. The third-order valence-electron chi connectivity index (χ3n) is 6.59. The number of fused-ring (bicyclic) bond motifs is 3. The van der Waals surface area contributed by atoms with E-state index in [2.05, 4.69) is 0 Å². The van der Waals surface area contributed by atoms with Gasteiger partial charge in [0.2, 0.25) is 11.8 Å². The molecule has 7 heteroatoms. The highest BCUT2D eigenvalue weighted by atomic mass is 16.3. The molecule has 0 unspecified atom stereocenters.